The van der Waals surface area contributed by atoms with Crippen LogP contribution in [0.1, 0.15) is 25.7 Å². The molecule has 0 unspecified atom stereocenters. The van der Waals surface area contributed by atoms with E-state index < -0.39 is 0 Å². The molecule has 8 nitrogen and oxygen atoms in total. The van der Waals surface area contributed by atoms with Gasteiger partial charge in [-0.15, -0.1) is 0 Å². The Morgan fingerprint density at radius 2 is 1.71 bits per heavy atom. The van der Waals surface area contributed by atoms with Gasteiger partial charge in [-0.2, -0.15) is 0 Å². The molecule has 3 N–H and O–H groups in total. The Bertz CT molecular complexity index is 1140. The van der Waals surface area contributed by atoms with E-state index in [-0.39, 0.29) is 12.1 Å². The number of aromatic nitrogens is 1. The van der Waals surface area contributed by atoms with Crippen molar-refractivity contribution in [1.82, 2.24) is 10.3 Å². The largest absolute Gasteiger partial charge is 0.497 e. The highest BCUT2D eigenvalue weighted by molar-refractivity contribution is 5.93. The monoisotopic (exact) mass is 463 g/mol. The van der Waals surface area contributed by atoms with E-state index in [1.54, 1.807) is 32.4 Å². The van der Waals surface area contributed by atoms with E-state index in [1.165, 1.54) is 0 Å². The summed E-state index contributed by atoms with van der Waals surface area (Å²) in [6.07, 6.45) is 3.73. The minimum absolute atomic E-state index is 0.129. The number of ether oxygens (including phenoxy) is 2. The molecule has 0 aliphatic heterocycles. The van der Waals surface area contributed by atoms with Gasteiger partial charge >= 0.3 is 6.03 Å². The molecule has 2 amide bonds. The maximum absolute atomic E-state index is 12.6. The first-order valence-electron chi connectivity index (χ1n) is 11.6. The van der Waals surface area contributed by atoms with Crippen molar-refractivity contribution in [3.63, 3.8) is 0 Å². The topological polar surface area (TPSA) is 87.8 Å². The van der Waals surface area contributed by atoms with Gasteiger partial charge in [0.05, 0.1) is 25.4 Å². The number of amides is 2. The van der Waals surface area contributed by atoms with Crippen LogP contribution in [0.4, 0.5) is 22.0 Å². The molecule has 0 radical (unpaired) electrons. The standard InChI is InChI=1S/C26H33N5O3/c1-31(2)23-16-25(29-21-8-6-5-7-20(21)23)27-17-9-11-18(12-10-17)28-26(32)30-22-14-13-19(33-3)15-24(22)34-4/h5-8,13-18H,9-12H2,1-4H3,(H,27,29)(H2,28,30,32). The highest BCUT2D eigenvalue weighted by atomic mass is 16.5. The Labute approximate surface area is 200 Å². The first-order valence-corrected chi connectivity index (χ1v) is 11.6. The summed E-state index contributed by atoms with van der Waals surface area (Å²) in [5, 5.41) is 10.7. The van der Waals surface area contributed by atoms with Gasteiger partial charge in [0.15, 0.2) is 0 Å². The number of hydrogen-bond acceptors (Lipinski definition) is 6. The highest BCUT2D eigenvalue weighted by Crippen LogP contribution is 2.30. The fourth-order valence-corrected chi connectivity index (χ4v) is 4.44. The average Bonchev–Trinajstić information content (AvgIpc) is 2.85. The minimum Gasteiger partial charge on any atom is -0.497 e. The summed E-state index contributed by atoms with van der Waals surface area (Å²) in [4.78, 5) is 19.5. The zero-order valence-corrected chi connectivity index (χ0v) is 20.2. The number of nitrogens with one attached hydrogen (secondary N) is 3. The molecule has 0 spiro atoms. The molecule has 1 saturated carbocycles. The molecule has 180 valence electrons. The Balaban J connectivity index is 1.32. The van der Waals surface area contributed by atoms with Crippen molar-refractivity contribution in [1.29, 1.82) is 0 Å². The van der Waals surface area contributed by atoms with Gasteiger partial charge in [0.2, 0.25) is 0 Å². The van der Waals surface area contributed by atoms with Crippen LogP contribution in [0.2, 0.25) is 0 Å². The molecule has 8 heteroatoms. The third kappa shape index (κ3) is 5.44. The number of fused-ring (bicyclic) bond motifs is 1. The fraction of sp³-hybridized carbons (Fsp3) is 0.385. The van der Waals surface area contributed by atoms with Crippen LogP contribution < -0.4 is 30.3 Å². The summed E-state index contributed by atoms with van der Waals surface area (Å²) < 4.78 is 10.6. The van der Waals surface area contributed by atoms with Crippen molar-refractivity contribution in [2.45, 2.75) is 37.8 Å². The summed E-state index contributed by atoms with van der Waals surface area (Å²) in [5.74, 6) is 2.12. The summed E-state index contributed by atoms with van der Waals surface area (Å²) >= 11 is 0. The molecular weight excluding hydrogens is 430 g/mol. The number of carbonyl (C=O) groups is 1. The smallest absolute Gasteiger partial charge is 0.319 e. The lowest BCUT2D eigenvalue weighted by Gasteiger charge is -2.30. The van der Waals surface area contributed by atoms with E-state index in [0.717, 1.165) is 48.1 Å². The van der Waals surface area contributed by atoms with E-state index in [4.69, 9.17) is 14.5 Å². The van der Waals surface area contributed by atoms with Gasteiger partial charge in [0, 0.05) is 49.4 Å². The summed E-state index contributed by atoms with van der Waals surface area (Å²) in [5.41, 5.74) is 2.74. The lowest BCUT2D eigenvalue weighted by molar-refractivity contribution is 0.243. The number of para-hydroxylation sites is 1. The zero-order chi connectivity index (χ0) is 24.1. The molecule has 2 aromatic carbocycles. The second-order valence-electron chi connectivity index (χ2n) is 8.80. The normalized spacial score (nSPS) is 17.6. The Hall–Kier alpha value is -3.68. The predicted octanol–water partition coefficient (Wildman–Crippen LogP) is 4.86. The van der Waals surface area contributed by atoms with Gasteiger partial charge in [-0.3, -0.25) is 0 Å². The van der Waals surface area contributed by atoms with E-state index >= 15 is 0 Å². The quantitative estimate of drug-likeness (QED) is 0.464. The minimum atomic E-state index is -0.230. The Morgan fingerprint density at radius 1 is 0.971 bits per heavy atom. The molecule has 1 heterocycles. The Kier molecular flexibility index (Phi) is 7.25. The van der Waals surface area contributed by atoms with E-state index in [1.807, 2.05) is 18.2 Å². The number of hydrogen-bond donors (Lipinski definition) is 3. The van der Waals surface area contributed by atoms with Crippen molar-refractivity contribution in [3.8, 4) is 11.5 Å². The van der Waals surface area contributed by atoms with Gasteiger partial charge in [-0.05, 0) is 43.9 Å². The molecule has 3 aromatic rings. The van der Waals surface area contributed by atoms with Crippen molar-refractivity contribution in [2.24, 2.45) is 0 Å². The van der Waals surface area contributed by atoms with E-state index in [9.17, 15) is 4.79 Å². The predicted molar refractivity (Wildman–Crippen MR) is 137 cm³/mol. The van der Waals surface area contributed by atoms with Crippen LogP contribution in [0.25, 0.3) is 10.9 Å². The van der Waals surface area contributed by atoms with Crippen LogP contribution in [0.5, 0.6) is 11.5 Å². The number of nitrogens with zero attached hydrogens (tertiary/aromatic N) is 2. The third-order valence-corrected chi connectivity index (χ3v) is 6.25. The summed E-state index contributed by atoms with van der Waals surface area (Å²) in [7, 11) is 7.26. The highest BCUT2D eigenvalue weighted by Gasteiger charge is 2.23. The molecule has 0 atom stereocenters. The van der Waals surface area contributed by atoms with E-state index in [0.29, 0.717) is 23.2 Å². The number of carbonyl (C=O) groups excluding carboxylic acids is 1. The van der Waals surface area contributed by atoms with Crippen LogP contribution in [-0.4, -0.2) is 51.4 Å². The molecule has 4 rings (SSSR count). The molecule has 1 aliphatic carbocycles. The third-order valence-electron chi connectivity index (χ3n) is 6.25. The summed E-state index contributed by atoms with van der Waals surface area (Å²) in [6.45, 7) is 0. The second kappa shape index (κ2) is 10.5. The van der Waals surface area contributed by atoms with Crippen LogP contribution >= 0.6 is 0 Å². The molecule has 34 heavy (non-hydrogen) atoms. The maximum Gasteiger partial charge on any atom is 0.319 e. The molecule has 0 bridgehead atoms. The zero-order valence-electron chi connectivity index (χ0n) is 20.2. The van der Waals surface area contributed by atoms with Crippen molar-refractivity contribution in [3.05, 3.63) is 48.5 Å². The van der Waals surface area contributed by atoms with Gasteiger partial charge in [0.1, 0.15) is 17.3 Å². The average molecular weight is 464 g/mol. The Morgan fingerprint density at radius 3 is 2.41 bits per heavy atom. The van der Waals surface area contributed by atoms with Crippen LogP contribution in [0.3, 0.4) is 0 Å². The maximum atomic E-state index is 12.6. The first kappa shape index (κ1) is 23.5. The first-order chi connectivity index (χ1) is 16.5. The molecule has 0 saturated heterocycles. The molecule has 1 aliphatic rings. The van der Waals surface area contributed by atoms with Gasteiger partial charge < -0.3 is 30.3 Å². The number of pyridine rings is 1. The molecular formula is C26H33N5O3. The lowest BCUT2D eigenvalue weighted by atomic mass is 9.91. The lowest BCUT2D eigenvalue weighted by Crippen LogP contribution is -2.42. The van der Waals surface area contributed by atoms with Crippen LogP contribution in [-0.2, 0) is 0 Å². The second-order valence-corrected chi connectivity index (χ2v) is 8.80. The van der Waals surface area contributed by atoms with Gasteiger partial charge in [-0.1, -0.05) is 18.2 Å². The summed E-state index contributed by atoms with van der Waals surface area (Å²) in [6, 6.07) is 15.9. The fourth-order valence-electron chi connectivity index (χ4n) is 4.44. The van der Waals surface area contributed by atoms with Crippen LogP contribution in [0.15, 0.2) is 48.5 Å². The SMILES string of the molecule is COc1ccc(NC(=O)NC2CCC(Nc3cc(N(C)C)c4ccccc4n3)CC2)c(OC)c1. The van der Waals surface area contributed by atoms with Gasteiger partial charge in [-0.25, -0.2) is 9.78 Å². The van der Waals surface area contributed by atoms with Crippen LogP contribution in [0, 0.1) is 0 Å². The molecule has 1 aromatic heterocycles. The number of rotatable bonds is 7. The molecule has 1 fully saturated rings. The van der Waals surface area contributed by atoms with Gasteiger partial charge in [0.25, 0.3) is 0 Å². The number of methoxy groups -OCH3 is 2. The van der Waals surface area contributed by atoms with E-state index in [2.05, 4.69) is 47.1 Å². The number of urea groups is 1. The van der Waals surface area contributed by atoms with Crippen molar-refractivity contribution in [2.75, 3.05) is 43.8 Å². The number of benzene rings is 2. The number of anilines is 3. The van der Waals surface area contributed by atoms with Crippen molar-refractivity contribution >= 4 is 34.1 Å². The van der Waals surface area contributed by atoms with Crippen molar-refractivity contribution < 1.29 is 14.3 Å².